The summed E-state index contributed by atoms with van der Waals surface area (Å²) in [6.45, 7) is 0. The van der Waals surface area contributed by atoms with Crippen LogP contribution in [-0.4, -0.2) is 38.0 Å². The zero-order valence-corrected chi connectivity index (χ0v) is 13.0. The van der Waals surface area contributed by atoms with E-state index in [2.05, 4.69) is 73.0 Å². The van der Waals surface area contributed by atoms with Gasteiger partial charge >= 0.3 is 0 Å². The normalized spacial score (nSPS) is 15.2. The quantitative estimate of drug-likeness (QED) is 0.823. The van der Waals surface area contributed by atoms with Crippen LogP contribution in [0.2, 0.25) is 0 Å². The minimum atomic E-state index is 0.402. The maximum Gasteiger partial charge on any atom is 0.0643 e. The van der Waals surface area contributed by atoms with Crippen LogP contribution in [0.3, 0.4) is 0 Å². The van der Waals surface area contributed by atoms with E-state index in [1.807, 2.05) is 22.7 Å². The lowest BCUT2D eigenvalue weighted by Gasteiger charge is -2.35. The summed E-state index contributed by atoms with van der Waals surface area (Å²) >= 11 is 3.68. The van der Waals surface area contributed by atoms with Crippen LogP contribution in [0.15, 0.2) is 35.0 Å². The minimum Gasteiger partial charge on any atom is -0.300 e. The van der Waals surface area contributed by atoms with Gasteiger partial charge < -0.3 is 0 Å². The molecule has 0 saturated heterocycles. The van der Waals surface area contributed by atoms with Crippen LogP contribution in [0.4, 0.5) is 0 Å². The van der Waals surface area contributed by atoms with Crippen molar-refractivity contribution in [2.45, 2.75) is 12.1 Å². The van der Waals surface area contributed by atoms with Gasteiger partial charge in [-0.25, -0.2) is 0 Å². The number of hydrogen-bond acceptors (Lipinski definition) is 4. The van der Waals surface area contributed by atoms with Crippen molar-refractivity contribution in [2.75, 3.05) is 28.2 Å². The summed E-state index contributed by atoms with van der Waals surface area (Å²) < 4.78 is 0. The molecule has 2 heterocycles. The van der Waals surface area contributed by atoms with Gasteiger partial charge in [0, 0.05) is 9.75 Å². The molecule has 0 bridgehead atoms. The Morgan fingerprint density at radius 1 is 0.778 bits per heavy atom. The highest BCUT2D eigenvalue weighted by Gasteiger charge is 2.29. The Balaban J connectivity index is 2.38. The summed E-state index contributed by atoms with van der Waals surface area (Å²) in [7, 11) is 8.64. The number of rotatable bonds is 5. The van der Waals surface area contributed by atoms with Crippen molar-refractivity contribution in [2.24, 2.45) is 0 Å². The molecule has 0 amide bonds. The van der Waals surface area contributed by atoms with Crippen LogP contribution < -0.4 is 0 Å². The lowest BCUT2D eigenvalue weighted by atomic mass is 10.0. The molecule has 2 atom stereocenters. The second-order valence-corrected chi connectivity index (χ2v) is 6.81. The Hall–Kier alpha value is -0.680. The van der Waals surface area contributed by atoms with Gasteiger partial charge in [-0.3, -0.25) is 9.80 Å². The Morgan fingerprint density at radius 3 is 1.39 bits per heavy atom. The maximum atomic E-state index is 2.32. The molecule has 0 radical (unpaired) electrons. The number of likely N-dealkylation sites (N-methyl/N-ethyl adjacent to an activating group) is 2. The van der Waals surface area contributed by atoms with Gasteiger partial charge in [0.05, 0.1) is 12.1 Å². The first-order valence-electron chi connectivity index (χ1n) is 6.01. The first kappa shape index (κ1) is 13.7. The SMILES string of the molecule is CN(C)C(c1cccs1)C(c1cccs1)N(C)C. The molecule has 0 aromatic carbocycles. The summed E-state index contributed by atoms with van der Waals surface area (Å²) in [4.78, 5) is 7.48. The Bertz CT molecular complexity index is 402. The van der Waals surface area contributed by atoms with E-state index in [1.54, 1.807) is 0 Å². The van der Waals surface area contributed by atoms with E-state index in [0.29, 0.717) is 12.1 Å². The van der Waals surface area contributed by atoms with Crippen LogP contribution in [-0.2, 0) is 0 Å². The summed E-state index contributed by atoms with van der Waals surface area (Å²) in [5, 5.41) is 4.32. The average Bonchev–Trinajstić information content (AvgIpc) is 2.97. The van der Waals surface area contributed by atoms with E-state index < -0.39 is 0 Å². The lowest BCUT2D eigenvalue weighted by Crippen LogP contribution is -2.33. The molecule has 2 aromatic heterocycles. The molecule has 4 heteroatoms. The Labute approximate surface area is 117 Å². The number of thiophene rings is 2. The highest BCUT2D eigenvalue weighted by molar-refractivity contribution is 7.10. The summed E-state index contributed by atoms with van der Waals surface area (Å²) in [5.74, 6) is 0. The molecule has 0 N–H and O–H groups in total. The lowest BCUT2D eigenvalue weighted by molar-refractivity contribution is 0.157. The Kier molecular flexibility index (Phi) is 4.56. The molecule has 98 valence electrons. The van der Waals surface area contributed by atoms with Crippen molar-refractivity contribution in [3.63, 3.8) is 0 Å². The largest absolute Gasteiger partial charge is 0.300 e. The van der Waals surface area contributed by atoms with E-state index in [-0.39, 0.29) is 0 Å². The van der Waals surface area contributed by atoms with Crippen molar-refractivity contribution in [3.05, 3.63) is 44.8 Å². The van der Waals surface area contributed by atoms with Gasteiger partial charge in [-0.2, -0.15) is 0 Å². The first-order valence-corrected chi connectivity index (χ1v) is 7.77. The van der Waals surface area contributed by atoms with Gasteiger partial charge in [0.1, 0.15) is 0 Å². The zero-order chi connectivity index (χ0) is 13.1. The first-order chi connectivity index (χ1) is 8.61. The second kappa shape index (κ2) is 5.97. The molecule has 2 rings (SSSR count). The molecular weight excluding hydrogens is 260 g/mol. The molecule has 0 spiro atoms. The maximum absolute atomic E-state index is 2.32. The fourth-order valence-electron chi connectivity index (χ4n) is 2.30. The van der Waals surface area contributed by atoms with Gasteiger partial charge in [0.25, 0.3) is 0 Å². The van der Waals surface area contributed by atoms with Crippen LogP contribution in [0, 0.1) is 0 Å². The van der Waals surface area contributed by atoms with Crippen molar-refractivity contribution in [1.82, 2.24) is 9.80 Å². The van der Waals surface area contributed by atoms with Crippen LogP contribution in [0.25, 0.3) is 0 Å². The summed E-state index contributed by atoms with van der Waals surface area (Å²) in [5.41, 5.74) is 0. The van der Waals surface area contributed by atoms with E-state index in [1.165, 1.54) is 9.75 Å². The van der Waals surface area contributed by atoms with Crippen molar-refractivity contribution in [1.29, 1.82) is 0 Å². The van der Waals surface area contributed by atoms with E-state index >= 15 is 0 Å². The fourth-order valence-corrected chi connectivity index (χ4v) is 4.21. The van der Waals surface area contributed by atoms with Gasteiger partial charge in [-0.1, -0.05) is 12.1 Å². The fraction of sp³-hybridized carbons (Fsp3) is 0.429. The predicted molar refractivity (Wildman–Crippen MR) is 81.5 cm³/mol. The third kappa shape index (κ3) is 2.83. The zero-order valence-electron chi connectivity index (χ0n) is 11.3. The molecule has 0 aliphatic rings. The third-order valence-electron chi connectivity index (χ3n) is 3.08. The summed E-state index contributed by atoms with van der Waals surface area (Å²) in [6.07, 6.45) is 0. The van der Waals surface area contributed by atoms with Gasteiger partial charge in [0.15, 0.2) is 0 Å². The second-order valence-electron chi connectivity index (χ2n) is 4.85. The topological polar surface area (TPSA) is 6.48 Å². The standard InChI is InChI=1S/C14H20N2S2/c1-15(2)13(11-7-5-9-17-11)14(16(3)4)12-8-6-10-18-12/h5-10,13-14H,1-4H3. The van der Waals surface area contributed by atoms with Crippen LogP contribution in [0.5, 0.6) is 0 Å². The van der Waals surface area contributed by atoms with Gasteiger partial charge in [-0.05, 0) is 51.1 Å². The highest BCUT2D eigenvalue weighted by Crippen LogP contribution is 2.39. The smallest absolute Gasteiger partial charge is 0.0643 e. The molecule has 0 aliphatic carbocycles. The molecule has 2 aromatic rings. The third-order valence-corrected chi connectivity index (χ3v) is 4.97. The minimum absolute atomic E-state index is 0.402. The van der Waals surface area contributed by atoms with Crippen LogP contribution >= 0.6 is 22.7 Å². The highest BCUT2D eigenvalue weighted by atomic mass is 32.1. The molecule has 2 nitrogen and oxygen atoms in total. The number of hydrogen-bond donors (Lipinski definition) is 0. The molecular formula is C14H20N2S2. The molecule has 0 fully saturated rings. The van der Waals surface area contributed by atoms with Crippen molar-refractivity contribution in [3.8, 4) is 0 Å². The van der Waals surface area contributed by atoms with E-state index in [9.17, 15) is 0 Å². The molecule has 2 unspecified atom stereocenters. The van der Waals surface area contributed by atoms with Gasteiger partial charge in [0.2, 0.25) is 0 Å². The van der Waals surface area contributed by atoms with Crippen molar-refractivity contribution < 1.29 is 0 Å². The van der Waals surface area contributed by atoms with Crippen molar-refractivity contribution >= 4 is 22.7 Å². The van der Waals surface area contributed by atoms with Gasteiger partial charge in [-0.15, -0.1) is 22.7 Å². The Morgan fingerprint density at radius 2 is 1.17 bits per heavy atom. The number of nitrogens with zero attached hydrogens (tertiary/aromatic N) is 2. The predicted octanol–water partition coefficient (Wildman–Crippen LogP) is 3.72. The molecule has 0 saturated carbocycles. The molecule has 0 aliphatic heterocycles. The molecule has 18 heavy (non-hydrogen) atoms. The van der Waals surface area contributed by atoms with Crippen LogP contribution in [0.1, 0.15) is 21.8 Å². The van der Waals surface area contributed by atoms with E-state index in [4.69, 9.17) is 0 Å². The monoisotopic (exact) mass is 280 g/mol. The average molecular weight is 280 g/mol. The van der Waals surface area contributed by atoms with E-state index in [0.717, 1.165) is 0 Å². The summed E-state index contributed by atoms with van der Waals surface area (Å²) in [6, 6.07) is 9.55.